The van der Waals surface area contributed by atoms with Crippen LogP contribution in [-0.2, 0) is 4.74 Å². The molecule has 1 aliphatic rings. The average molecular weight is 261 g/mol. The summed E-state index contributed by atoms with van der Waals surface area (Å²) in [5.41, 5.74) is 1.19. The van der Waals surface area contributed by atoms with Gasteiger partial charge in [0, 0.05) is 6.61 Å². The lowest BCUT2D eigenvalue weighted by Gasteiger charge is -2.22. The number of benzene rings is 2. The lowest BCUT2D eigenvalue weighted by molar-refractivity contribution is 0.0906. The monoisotopic (exact) mass is 260 g/mol. The Morgan fingerprint density at radius 2 is 1.94 bits per heavy atom. The fraction of sp³-hybridized carbons (Fsp3) is 0.375. The van der Waals surface area contributed by atoms with Crippen molar-refractivity contribution in [3.8, 4) is 0 Å². The molecule has 0 aliphatic carbocycles. The molecule has 0 spiro atoms. The summed E-state index contributed by atoms with van der Waals surface area (Å²) in [6.07, 6.45) is 1.25. The summed E-state index contributed by atoms with van der Waals surface area (Å²) in [7, 11) is 0. The predicted molar refractivity (Wildman–Crippen MR) is 76.1 cm³/mol. The summed E-state index contributed by atoms with van der Waals surface area (Å²) in [5, 5.41) is 2.42. The third kappa shape index (κ3) is 2.02. The maximum absolute atomic E-state index is 6.66. The molecule has 2 aromatic carbocycles. The van der Waals surface area contributed by atoms with Gasteiger partial charge in [-0.25, -0.2) is 0 Å². The van der Waals surface area contributed by atoms with Gasteiger partial charge in [0.25, 0.3) is 0 Å². The van der Waals surface area contributed by atoms with Crippen LogP contribution in [0.3, 0.4) is 0 Å². The third-order valence-electron chi connectivity index (χ3n) is 3.85. The number of fused-ring (bicyclic) bond motifs is 1. The van der Waals surface area contributed by atoms with Crippen molar-refractivity contribution in [3.05, 3.63) is 48.0 Å². The molecule has 1 saturated heterocycles. The van der Waals surface area contributed by atoms with Crippen LogP contribution in [0.15, 0.2) is 42.5 Å². The minimum Gasteiger partial charge on any atom is -0.376 e. The number of alkyl halides is 1. The Morgan fingerprint density at radius 1 is 1.17 bits per heavy atom. The van der Waals surface area contributed by atoms with Gasteiger partial charge in [0.2, 0.25) is 0 Å². The second kappa shape index (κ2) is 4.91. The first kappa shape index (κ1) is 12.0. The minimum absolute atomic E-state index is 0.0615. The van der Waals surface area contributed by atoms with Crippen molar-refractivity contribution in [1.29, 1.82) is 0 Å². The van der Waals surface area contributed by atoms with Crippen molar-refractivity contribution < 1.29 is 4.74 Å². The van der Waals surface area contributed by atoms with E-state index >= 15 is 0 Å². The maximum atomic E-state index is 6.66. The zero-order chi connectivity index (χ0) is 12.5. The number of rotatable bonds is 2. The summed E-state index contributed by atoms with van der Waals surface area (Å²) >= 11 is 6.66. The van der Waals surface area contributed by atoms with Crippen LogP contribution in [0.5, 0.6) is 0 Å². The highest BCUT2D eigenvalue weighted by atomic mass is 35.5. The zero-order valence-electron chi connectivity index (χ0n) is 10.5. The Morgan fingerprint density at radius 3 is 2.72 bits per heavy atom. The normalized spacial score (nSPS) is 25.4. The number of ether oxygens (including phenoxy) is 1. The van der Waals surface area contributed by atoms with Crippen molar-refractivity contribution in [1.82, 2.24) is 0 Å². The van der Waals surface area contributed by atoms with Gasteiger partial charge in [0.05, 0.1) is 11.5 Å². The largest absolute Gasteiger partial charge is 0.376 e. The average Bonchev–Trinajstić information content (AvgIpc) is 2.83. The molecule has 94 valence electrons. The van der Waals surface area contributed by atoms with E-state index in [0.717, 1.165) is 13.0 Å². The van der Waals surface area contributed by atoms with Crippen molar-refractivity contribution in [2.24, 2.45) is 5.92 Å². The highest BCUT2D eigenvalue weighted by Crippen LogP contribution is 2.38. The van der Waals surface area contributed by atoms with Crippen LogP contribution in [0.4, 0.5) is 0 Å². The lowest BCUT2D eigenvalue weighted by atomic mass is 9.94. The summed E-state index contributed by atoms with van der Waals surface area (Å²) in [4.78, 5) is 0. The number of hydrogen-bond acceptors (Lipinski definition) is 1. The van der Waals surface area contributed by atoms with Crippen LogP contribution in [0.1, 0.15) is 24.3 Å². The highest BCUT2D eigenvalue weighted by molar-refractivity contribution is 6.22. The van der Waals surface area contributed by atoms with Gasteiger partial charge in [0.15, 0.2) is 0 Å². The van der Waals surface area contributed by atoms with Crippen molar-refractivity contribution >= 4 is 22.4 Å². The fourth-order valence-electron chi connectivity index (χ4n) is 2.76. The molecule has 1 aliphatic heterocycles. The van der Waals surface area contributed by atoms with Crippen LogP contribution in [-0.4, -0.2) is 12.7 Å². The molecule has 18 heavy (non-hydrogen) atoms. The van der Waals surface area contributed by atoms with Crippen LogP contribution in [0.25, 0.3) is 10.8 Å². The molecular weight excluding hydrogens is 244 g/mol. The predicted octanol–water partition coefficient (Wildman–Crippen LogP) is 4.54. The van der Waals surface area contributed by atoms with E-state index in [2.05, 4.69) is 49.4 Å². The first-order valence-corrected chi connectivity index (χ1v) is 6.94. The molecule has 0 aromatic heterocycles. The molecule has 3 atom stereocenters. The van der Waals surface area contributed by atoms with E-state index in [1.54, 1.807) is 0 Å². The van der Waals surface area contributed by atoms with Gasteiger partial charge in [0.1, 0.15) is 0 Å². The van der Waals surface area contributed by atoms with Crippen molar-refractivity contribution in [3.63, 3.8) is 0 Å². The summed E-state index contributed by atoms with van der Waals surface area (Å²) in [5.74, 6) is 0.534. The molecule has 0 N–H and O–H groups in total. The van der Waals surface area contributed by atoms with Gasteiger partial charge in [-0.2, -0.15) is 0 Å². The Hall–Kier alpha value is -1.05. The summed E-state index contributed by atoms with van der Waals surface area (Å²) < 4.78 is 5.80. The van der Waals surface area contributed by atoms with E-state index in [-0.39, 0.29) is 11.5 Å². The van der Waals surface area contributed by atoms with Gasteiger partial charge in [-0.3, -0.25) is 0 Å². The molecular formula is C16H17ClO. The molecule has 0 saturated carbocycles. The Balaban J connectivity index is 2.03. The SMILES string of the molecule is CC1CCOC1C(Cl)c1cccc2ccccc12. The van der Waals surface area contributed by atoms with Gasteiger partial charge in [-0.05, 0) is 28.7 Å². The summed E-state index contributed by atoms with van der Waals surface area (Å²) in [6.45, 7) is 3.05. The van der Waals surface area contributed by atoms with Crippen LogP contribution >= 0.6 is 11.6 Å². The van der Waals surface area contributed by atoms with Gasteiger partial charge >= 0.3 is 0 Å². The first-order valence-electron chi connectivity index (χ1n) is 6.50. The van der Waals surface area contributed by atoms with Gasteiger partial charge in [-0.15, -0.1) is 11.6 Å². The summed E-state index contributed by atoms with van der Waals surface area (Å²) in [6, 6.07) is 14.7. The highest BCUT2D eigenvalue weighted by Gasteiger charge is 2.32. The molecule has 1 fully saturated rings. The lowest BCUT2D eigenvalue weighted by Crippen LogP contribution is -2.19. The Labute approximate surface area is 113 Å². The van der Waals surface area contributed by atoms with Crippen LogP contribution in [0.2, 0.25) is 0 Å². The van der Waals surface area contributed by atoms with Crippen LogP contribution in [0, 0.1) is 5.92 Å². The second-order valence-corrected chi connectivity index (χ2v) is 5.54. The van der Waals surface area contributed by atoms with E-state index in [1.807, 2.05) is 0 Å². The first-order chi connectivity index (χ1) is 8.77. The minimum atomic E-state index is -0.0615. The molecule has 0 amide bonds. The molecule has 3 unspecified atom stereocenters. The van der Waals surface area contributed by atoms with Gasteiger partial charge in [-0.1, -0.05) is 49.4 Å². The third-order valence-corrected chi connectivity index (χ3v) is 4.34. The maximum Gasteiger partial charge on any atom is 0.0855 e. The van der Waals surface area contributed by atoms with Crippen molar-refractivity contribution in [2.75, 3.05) is 6.61 Å². The molecule has 0 bridgehead atoms. The fourth-order valence-corrected chi connectivity index (χ4v) is 3.27. The quantitative estimate of drug-likeness (QED) is 0.720. The van der Waals surface area contributed by atoms with Gasteiger partial charge < -0.3 is 4.74 Å². The molecule has 3 rings (SSSR count). The standard InChI is InChI=1S/C16H17ClO/c1-11-9-10-18-16(11)15(17)14-8-4-6-12-5-2-3-7-13(12)14/h2-8,11,15-16H,9-10H2,1H3. The smallest absolute Gasteiger partial charge is 0.0855 e. The van der Waals surface area contributed by atoms with E-state index < -0.39 is 0 Å². The number of halogens is 1. The van der Waals surface area contributed by atoms with E-state index in [0.29, 0.717) is 5.92 Å². The molecule has 2 heteroatoms. The Kier molecular flexibility index (Phi) is 3.27. The van der Waals surface area contributed by atoms with E-state index in [1.165, 1.54) is 16.3 Å². The second-order valence-electron chi connectivity index (χ2n) is 5.07. The van der Waals surface area contributed by atoms with E-state index in [4.69, 9.17) is 16.3 Å². The molecule has 0 radical (unpaired) electrons. The Bertz CT molecular complexity index is 546. The zero-order valence-corrected chi connectivity index (χ0v) is 11.2. The van der Waals surface area contributed by atoms with Crippen molar-refractivity contribution in [2.45, 2.75) is 24.8 Å². The number of hydrogen-bond donors (Lipinski definition) is 0. The molecule has 1 heterocycles. The molecule has 1 nitrogen and oxygen atoms in total. The topological polar surface area (TPSA) is 9.23 Å². The van der Waals surface area contributed by atoms with Crippen LogP contribution < -0.4 is 0 Å². The van der Waals surface area contributed by atoms with E-state index in [9.17, 15) is 0 Å². The molecule has 2 aromatic rings.